The maximum Gasteiger partial charge on any atom is 0.255 e. The van der Waals surface area contributed by atoms with Gasteiger partial charge in [-0.1, -0.05) is 16.8 Å². The minimum absolute atomic E-state index is 0.00580. The Bertz CT molecular complexity index is 847. The molecule has 3 rings (SSSR count). The summed E-state index contributed by atoms with van der Waals surface area (Å²) in [5.41, 5.74) is 0.349. The number of nitrogens with zero attached hydrogens (tertiary/aromatic N) is 4. The molecule has 1 aliphatic heterocycles. The summed E-state index contributed by atoms with van der Waals surface area (Å²) >= 11 is 6.02. The molecule has 1 N–H and O–H groups in total. The zero-order valence-corrected chi connectivity index (χ0v) is 15.1. The Morgan fingerprint density at radius 2 is 2.12 bits per heavy atom. The van der Waals surface area contributed by atoms with Crippen LogP contribution in [0.4, 0.5) is 0 Å². The van der Waals surface area contributed by atoms with Gasteiger partial charge < -0.3 is 9.26 Å². The molecule has 0 aliphatic carbocycles. The van der Waals surface area contributed by atoms with Gasteiger partial charge in [0, 0.05) is 13.6 Å². The lowest BCUT2D eigenvalue weighted by Gasteiger charge is -2.12. The summed E-state index contributed by atoms with van der Waals surface area (Å²) in [6.45, 7) is 3.46. The van der Waals surface area contributed by atoms with Crippen molar-refractivity contribution in [2.75, 3.05) is 6.54 Å². The van der Waals surface area contributed by atoms with Crippen LogP contribution in [0, 0.1) is 13.8 Å². The first kappa shape index (κ1) is 17.3. The van der Waals surface area contributed by atoms with Crippen molar-refractivity contribution in [3.63, 3.8) is 0 Å². The molecule has 0 aromatic carbocycles. The van der Waals surface area contributed by atoms with Crippen molar-refractivity contribution in [3.05, 3.63) is 22.6 Å². The smallest absolute Gasteiger partial charge is 0.255 e. The average Bonchev–Trinajstić information content (AvgIpc) is 3.18. The van der Waals surface area contributed by atoms with E-state index in [1.165, 1.54) is 4.68 Å². The lowest BCUT2D eigenvalue weighted by atomic mass is 10.2. The zero-order chi connectivity index (χ0) is 17.5. The van der Waals surface area contributed by atoms with E-state index >= 15 is 0 Å². The van der Waals surface area contributed by atoms with Gasteiger partial charge in [0.15, 0.2) is 5.82 Å². The van der Waals surface area contributed by atoms with Crippen LogP contribution in [0.3, 0.4) is 0 Å². The van der Waals surface area contributed by atoms with E-state index in [2.05, 4.69) is 20.0 Å². The molecule has 0 amide bonds. The molecule has 0 saturated carbocycles. The van der Waals surface area contributed by atoms with Crippen molar-refractivity contribution in [1.82, 2.24) is 24.6 Å². The second-order valence-electron chi connectivity index (χ2n) is 5.68. The van der Waals surface area contributed by atoms with Gasteiger partial charge in [0.2, 0.25) is 10.0 Å². The van der Waals surface area contributed by atoms with Gasteiger partial charge in [-0.15, -0.1) is 0 Å². The number of nitrogens with one attached hydrogen (secondary N) is 1. The van der Waals surface area contributed by atoms with Crippen LogP contribution < -0.4 is 4.72 Å². The zero-order valence-electron chi connectivity index (χ0n) is 13.5. The maximum absolute atomic E-state index is 12.5. The summed E-state index contributed by atoms with van der Waals surface area (Å²) in [5, 5.41) is 7.82. The molecular formula is C13H18ClN5O4S. The molecule has 9 nitrogen and oxygen atoms in total. The monoisotopic (exact) mass is 375 g/mol. The topological polar surface area (TPSA) is 112 Å². The van der Waals surface area contributed by atoms with Gasteiger partial charge in [-0.3, -0.25) is 4.68 Å². The molecular weight excluding hydrogens is 358 g/mol. The molecule has 2 atom stereocenters. The first-order chi connectivity index (χ1) is 11.3. The summed E-state index contributed by atoms with van der Waals surface area (Å²) in [6.07, 6.45) is 0.812. The Kier molecular flexibility index (Phi) is 4.65. The highest BCUT2D eigenvalue weighted by atomic mass is 35.5. The number of rotatable bonds is 5. The van der Waals surface area contributed by atoms with Gasteiger partial charge in [-0.25, -0.2) is 13.1 Å². The highest BCUT2D eigenvalue weighted by Gasteiger charge is 2.32. The highest BCUT2D eigenvalue weighted by Crippen LogP contribution is 2.32. The minimum atomic E-state index is -3.76. The first-order valence-corrected chi connectivity index (χ1v) is 9.28. The number of halogens is 1. The van der Waals surface area contributed by atoms with E-state index in [9.17, 15) is 8.42 Å². The molecule has 0 unspecified atom stereocenters. The maximum atomic E-state index is 12.5. The third-order valence-corrected chi connectivity index (χ3v) is 5.91. The predicted molar refractivity (Wildman–Crippen MR) is 84.0 cm³/mol. The van der Waals surface area contributed by atoms with Crippen LogP contribution >= 0.6 is 11.6 Å². The van der Waals surface area contributed by atoms with Crippen LogP contribution in [0.2, 0.25) is 5.15 Å². The van der Waals surface area contributed by atoms with Gasteiger partial charge >= 0.3 is 0 Å². The van der Waals surface area contributed by atoms with Crippen LogP contribution in [0.5, 0.6) is 0 Å². The summed E-state index contributed by atoms with van der Waals surface area (Å²) in [7, 11) is -2.17. The van der Waals surface area contributed by atoms with E-state index in [1.807, 2.05) is 0 Å². The molecule has 2 aromatic rings. The molecule has 2 aromatic heterocycles. The lowest BCUT2D eigenvalue weighted by molar-refractivity contribution is 0.0290. The predicted octanol–water partition coefficient (Wildman–Crippen LogP) is 1.27. The molecule has 0 spiro atoms. The lowest BCUT2D eigenvalue weighted by Crippen LogP contribution is -2.32. The molecule has 0 radical (unpaired) electrons. The number of aromatic nitrogens is 4. The van der Waals surface area contributed by atoms with Crippen molar-refractivity contribution in [3.8, 4) is 0 Å². The van der Waals surface area contributed by atoms with Crippen molar-refractivity contribution < 1.29 is 17.7 Å². The molecule has 24 heavy (non-hydrogen) atoms. The van der Waals surface area contributed by atoms with Gasteiger partial charge in [-0.2, -0.15) is 10.1 Å². The molecule has 1 fully saturated rings. The fourth-order valence-electron chi connectivity index (χ4n) is 2.67. The summed E-state index contributed by atoms with van der Waals surface area (Å²) in [6, 6.07) is 0. The van der Waals surface area contributed by atoms with Crippen molar-refractivity contribution >= 4 is 21.6 Å². The minimum Gasteiger partial charge on any atom is -0.364 e. The Balaban J connectivity index is 1.64. The van der Waals surface area contributed by atoms with Crippen LogP contribution in [0.1, 0.15) is 36.4 Å². The van der Waals surface area contributed by atoms with Crippen molar-refractivity contribution in [2.45, 2.75) is 43.8 Å². The molecule has 132 valence electrons. The Morgan fingerprint density at radius 3 is 2.71 bits per heavy atom. The molecule has 1 aliphatic rings. The molecule has 3 heterocycles. The molecule has 11 heteroatoms. The Hall–Kier alpha value is -1.49. The van der Waals surface area contributed by atoms with E-state index in [-0.39, 0.29) is 28.8 Å². The van der Waals surface area contributed by atoms with Gasteiger partial charge in [-0.05, 0) is 26.7 Å². The largest absolute Gasteiger partial charge is 0.364 e. The number of sulfonamides is 1. The van der Waals surface area contributed by atoms with E-state index < -0.39 is 10.0 Å². The summed E-state index contributed by atoms with van der Waals surface area (Å²) in [5.74, 6) is 0.962. The normalized spacial score (nSPS) is 21.5. The van der Waals surface area contributed by atoms with Gasteiger partial charge in [0.05, 0.1) is 11.8 Å². The first-order valence-electron chi connectivity index (χ1n) is 7.42. The third-order valence-electron chi connectivity index (χ3n) is 3.80. The number of aryl methyl sites for hydroxylation is 3. The van der Waals surface area contributed by atoms with Gasteiger partial charge in [0.25, 0.3) is 5.89 Å². The van der Waals surface area contributed by atoms with Crippen LogP contribution in [0.15, 0.2) is 9.42 Å². The number of hydrogen-bond acceptors (Lipinski definition) is 7. The van der Waals surface area contributed by atoms with E-state index in [4.69, 9.17) is 20.9 Å². The van der Waals surface area contributed by atoms with E-state index in [1.54, 1.807) is 20.9 Å². The number of hydrogen-bond donors (Lipinski definition) is 1. The molecule has 0 bridgehead atoms. The number of ether oxygens (including phenoxy) is 1. The van der Waals surface area contributed by atoms with Crippen molar-refractivity contribution in [1.29, 1.82) is 0 Å². The second-order valence-corrected chi connectivity index (χ2v) is 7.75. The van der Waals surface area contributed by atoms with Crippen LogP contribution in [-0.2, 0) is 21.8 Å². The molecule has 1 saturated heterocycles. The van der Waals surface area contributed by atoms with E-state index in [0.717, 1.165) is 0 Å². The second kappa shape index (κ2) is 6.43. The van der Waals surface area contributed by atoms with Crippen molar-refractivity contribution in [2.24, 2.45) is 7.05 Å². The van der Waals surface area contributed by atoms with Gasteiger partial charge in [0.1, 0.15) is 16.2 Å². The SMILES string of the molecule is Cc1noc([C@@H]2CC[C@H](CNS(=O)(=O)c3c(C)nn(C)c3Cl)O2)n1. The Morgan fingerprint density at radius 1 is 1.38 bits per heavy atom. The van der Waals surface area contributed by atoms with E-state index in [0.29, 0.717) is 30.3 Å². The fraction of sp³-hybridized carbons (Fsp3) is 0.615. The standard InChI is InChI=1S/C13H18ClN5O4S/c1-7-11(12(14)19(3)17-7)24(20,21)15-6-9-4-5-10(22-9)13-16-8(2)18-23-13/h9-10,15H,4-6H2,1-3H3/t9-,10+/m1/s1. The summed E-state index contributed by atoms with van der Waals surface area (Å²) in [4.78, 5) is 4.13. The van der Waals surface area contributed by atoms with Crippen LogP contribution in [0.25, 0.3) is 0 Å². The summed E-state index contributed by atoms with van der Waals surface area (Å²) < 4.78 is 39.6. The quantitative estimate of drug-likeness (QED) is 0.837. The van der Waals surface area contributed by atoms with Crippen LogP contribution in [-0.4, -0.2) is 41.0 Å². The Labute approximate surface area is 144 Å². The average molecular weight is 376 g/mol. The highest BCUT2D eigenvalue weighted by molar-refractivity contribution is 7.89. The third kappa shape index (κ3) is 3.32. The fourth-order valence-corrected chi connectivity index (χ4v) is 4.48.